The molecule has 1 atom stereocenters. The van der Waals surface area contributed by atoms with Crippen molar-refractivity contribution in [2.24, 2.45) is 0 Å². The van der Waals surface area contributed by atoms with Crippen LogP contribution in [0.1, 0.15) is 48.0 Å². The molecule has 0 saturated heterocycles. The lowest BCUT2D eigenvalue weighted by Gasteiger charge is -2.40. The van der Waals surface area contributed by atoms with Gasteiger partial charge in [0.25, 0.3) is 0 Å². The van der Waals surface area contributed by atoms with Crippen LogP contribution >= 0.6 is 0 Å². The lowest BCUT2D eigenvalue weighted by Crippen LogP contribution is -2.50. The topological polar surface area (TPSA) is 38.8 Å². The normalized spacial score (nSPS) is 20.2. The predicted octanol–water partition coefficient (Wildman–Crippen LogP) is 4.57. The van der Waals surface area contributed by atoms with Crippen molar-refractivity contribution in [3.05, 3.63) is 12.2 Å². The SMILES string of the molecule is CC(C)(C)OC(=O)N1CC=CCC1CO[Si](C)(C)C(C)(C)C. The molecule has 1 aliphatic rings. The van der Waals surface area contributed by atoms with Gasteiger partial charge in [0.1, 0.15) is 5.60 Å². The number of carbonyl (C=O) groups is 1. The molecule has 1 aliphatic heterocycles. The standard InChI is InChI=1S/C17H33NO3Si/c1-16(2,3)21-15(19)18-12-10-9-11-14(18)13-20-22(7,8)17(4,5)6/h9-10,14H,11-13H2,1-8H3. The Balaban J connectivity index is 2.71. The van der Waals surface area contributed by atoms with Crippen LogP contribution in [0.3, 0.4) is 0 Å². The van der Waals surface area contributed by atoms with Gasteiger partial charge in [0.15, 0.2) is 8.32 Å². The maximum absolute atomic E-state index is 12.4. The summed E-state index contributed by atoms with van der Waals surface area (Å²) in [5.74, 6) is 0. The van der Waals surface area contributed by atoms with Crippen LogP contribution in [0.5, 0.6) is 0 Å². The molecule has 1 rings (SSSR count). The second kappa shape index (κ2) is 6.75. The third-order valence-electron chi connectivity index (χ3n) is 4.39. The van der Waals surface area contributed by atoms with Crippen molar-refractivity contribution >= 4 is 14.4 Å². The Labute approximate surface area is 137 Å². The highest BCUT2D eigenvalue weighted by Gasteiger charge is 2.38. The zero-order chi connectivity index (χ0) is 17.2. The highest BCUT2D eigenvalue weighted by Crippen LogP contribution is 2.37. The number of nitrogens with zero attached hydrogens (tertiary/aromatic N) is 1. The fourth-order valence-electron chi connectivity index (χ4n) is 1.94. The van der Waals surface area contributed by atoms with Crippen molar-refractivity contribution < 1.29 is 14.0 Å². The molecule has 128 valence electrons. The summed E-state index contributed by atoms with van der Waals surface area (Å²) < 4.78 is 11.8. The highest BCUT2D eigenvalue weighted by molar-refractivity contribution is 6.74. The minimum atomic E-state index is -1.80. The first-order valence-electron chi connectivity index (χ1n) is 8.12. The molecule has 0 spiro atoms. The molecule has 0 fully saturated rings. The van der Waals surface area contributed by atoms with Crippen molar-refractivity contribution in [1.82, 2.24) is 4.90 Å². The largest absolute Gasteiger partial charge is 0.444 e. The van der Waals surface area contributed by atoms with Crippen molar-refractivity contribution in [3.8, 4) is 0 Å². The molecular formula is C17H33NO3Si. The van der Waals surface area contributed by atoms with Gasteiger partial charge in [-0.2, -0.15) is 0 Å². The quantitative estimate of drug-likeness (QED) is 0.563. The molecule has 1 unspecified atom stereocenters. The number of hydrogen-bond acceptors (Lipinski definition) is 3. The van der Waals surface area contributed by atoms with Crippen LogP contribution in [0.15, 0.2) is 12.2 Å². The highest BCUT2D eigenvalue weighted by atomic mass is 28.4. The molecule has 0 aromatic rings. The molecular weight excluding hydrogens is 294 g/mol. The van der Waals surface area contributed by atoms with Gasteiger partial charge in [-0.15, -0.1) is 0 Å². The van der Waals surface area contributed by atoms with Gasteiger partial charge >= 0.3 is 6.09 Å². The van der Waals surface area contributed by atoms with E-state index >= 15 is 0 Å². The van der Waals surface area contributed by atoms with Crippen molar-refractivity contribution in [2.75, 3.05) is 13.2 Å². The summed E-state index contributed by atoms with van der Waals surface area (Å²) in [6, 6.07) is 0.0639. The Hall–Kier alpha value is -0.813. The van der Waals surface area contributed by atoms with E-state index in [2.05, 4.69) is 39.9 Å². The minimum absolute atomic E-state index is 0.0639. The number of hydrogen-bond donors (Lipinski definition) is 0. The second-order valence-electron chi connectivity index (χ2n) is 8.56. The summed E-state index contributed by atoms with van der Waals surface area (Å²) >= 11 is 0. The van der Waals surface area contributed by atoms with Crippen LogP contribution in [-0.2, 0) is 9.16 Å². The van der Waals surface area contributed by atoms with Gasteiger partial charge in [-0.3, -0.25) is 4.90 Å². The maximum atomic E-state index is 12.4. The first kappa shape index (κ1) is 19.2. The van der Waals surface area contributed by atoms with E-state index in [9.17, 15) is 4.79 Å². The second-order valence-corrected chi connectivity index (χ2v) is 13.4. The van der Waals surface area contributed by atoms with Crippen LogP contribution in [-0.4, -0.2) is 44.1 Å². The molecule has 0 aliphatic carbocycles. The molecule has 0 saturated carbocycles. The van der Waals surface area contributed by atoms with Gasteiger partial charge in [0, 0.05) is 6.54 Å². The number of carbonyl (C=O) groups excluding carboxylic acids is 1. The Kier molecular flexibility index (Phi) is 5.90. The van der Waals surface area contributed by atoms with E-state index in [1.54, 1.807) is 4.90 Å². The van der Waals surface area contributed by atoms with Crippen LogP contribution in [0, 0.1) is 0 Å². The monoisotopic (exact) mass is 327 g/mol. The van der Waals surface area contributed by atoms with Crippen LogP contribution in [0.2, 0.25) is 18.1 Å². The Morgan fingerprint density at radius 2 is 1.77 bits per heavy atom. The molecule has 0 aromatic heterocycles. The number of rotatable bonds is 3. The van der Waals surface area contributed by atoms with Crippen molar-refractivity contribution in [3.63, 3.8) is 0 Å². The first-order valence-corrected chi connectivity index (χ1v) is 11.0. The van der Waals surface area contributed by atoms with E-state index < -0.39 is 13.9 Å². The smallest absolute Gasteiger partial charge is 0.410 e. The van der Waals surface area contributed by atoms with Crippen molar-refractivity contribution in [1.29, 1.82) is 0 Å². The number of amides is 1. The average Bonchev–Trinajstić information content (AvgIpc) is 2.33. The van der Waals surface area contributed by atoms with Gasteiger partial charge in [-0.1, -0.05) is 32.9 Å². The van der Waals surface area contributed by atoms with Gasteiger partial charge in [-0.05, 0) is 45.3 Å². The molecule has 22 heavy (non-hydrogen) atoms. The minimum Gasteiger partial charge on any atom is -0.444 e. The molecule has 5 heteroatoms. The third-order valence-corrected chi connectivity index (χ3v) is 8.89. The lowest BCUT2D eigenvalue weighted by molar-refractivity contribution is 0.0121. The summed E-state index contributed by atoms with van der Waals surface area (Å²) in [7, 11) is -1.80. The summed E-state index contributed by atoms with van der Waals surface area (Å²) in [5.41, 5.74) is -0.469. The molecule has 1 amide bonds. The van der Waals surface area contributed by atoms with Gasteiger partial charge in [-0.25, -0.2) is 4.79 Å². The van der Waals surface area contributed by atoms with Gasteiger partial charge < -0.3 is 9.16 Å². The molecule has 1 heterocycles. The molecule has 0 radical (unpaired) electrons. The van der Waals surface area contributed by atoms with E-state index in [-0.39, 0.29) is 17.2 Å². The Morgan fingerprint density at radius 3 is 2.27 bits per heavy atom. The molecule has 0 N–H and O–H groups in total. The maximum Gasteiger partial charge on any atom is 0.410 e. The zero-order valence-corrected chi connectivity index (χ0v) is 16.5. The first-order chi connectivity index (χ1) is 9.83. The van der Waals surface area contributed by atoms with Crippen LogP contribution < -0.4 is 0 Å². The van der Waals surface area contributed by atoms with Gasteiger partial charge in [0.2, 0.25) is 0 Å². The molecule has 0 bridgehead atoms. The number of ether oxygens (including phenoxy) is 1. The predicted molar refractivity (Wildman–Crippen MR) is 93.6 cm³/mol. The lowest BCUT2D eigenvalue weighted by atomic mass is 10.1. The fourth-order valence-corrected chi connectivity index (χ4v) is 2.98. The molecule has 0 aromatic carbocycles. The zero-order valence-electron chi connectivity index (χ0n) is 15.5. The van der Waals surface area contributed by atoms with E-state index in [0.717, 1.165) is 6.42 Å². The third kappa shape index (κ3) is 5.43. The average molecular weight is 328 g/mol. The van der Waals surface area contributed by atoms with Gasteiger partial charge in [0.05, 0.1) is 12.6 Å². The summed E-state index contributed by atoms with van der Waals surface area (Å²) in [6.07, 6.45) is 4.72. The van der Waals surface area contributed by atoms with Crippen LogP contribution in [0.25, 0.3) is 0 Å². The van der Waals surface area contributed by atoms with Crippen molar-refractivity contribution in [2.45, 2.75) is 77.7 Å². The summed E-state index contributed by atoms with van der Waals surface area (Å²) in [6.45, 7) is 18.0. The Morgan fingerprint density at radius 1 is 1.18 bits per heavy atom. The van der Waals surface area contributed by atoms with E-state index in [1.165, 1.54) is 0 Å². The molecule has 4 nitrogen and oxygen atoms in total. The van der Waals surface area contributed by atoms with E-state index in [1.807, 2.05) is 26.8 Å². The van der Waals surface area contributed by atoms with E-state index in [0.29, 0.717) is 13.2 Å². The van der Waals surface area contributed by atoms with E-state index in [4.69, 9.17) is 9.16 Å². The summed E-state index contributed by atoms with van der Waals surface area (Å²) in [4.78, 5) is 14.2. The van der Waals surface area contributed by atoms with Crippen LogP contribution in [0.4, 0.5) is 4.79 Å². The fraction of sp³-hybridized carbons (Fsp3) is 0.824. The Bertz CT molecular complexity index is 419. The summed E-state index contributed by atoms with van der Waals surface area (Å²) in [5, 5.41) is 0.175.